The van der Waals surface area contributed by atoms with Crippen molar-refractivity contribution in [3.63, 3.8) is 0 Å². The molecule has 0 atom stereocenters. The van der Waals surface area contributed by atoms with Gasteiger partial charge in [-0.05, 0) is 37.1 Å². The molecule has 4 aromatic rings. The van der Waals surface area contributed by atoms with Gasteiger partial charge in [-0.2, -0.15) is 0 Å². The molecular weight excluding hydrogens is 296 g/mol. The normalized spacial score (nSPS) is 14.8. The van der Waals surface area contributed by atoms with Crippen LogP contribution in [0.15, 0.2) is 54.6 Å². The maximum atomic E-state index is 4.93. The van der Waals surface area contributed by atoms with E-state index in [1.807, 2.05) is 12.1 Å². The Morgan fingerprint density at radius 1 is 0.875 bits per heavy atom. The number of anilines is 1. The first kappa shape index (κ1) is 13.5. The van der Waals surface area contributed by atoms with Crippen molar-refractivity contribution in [2.75, 3.05) is 18.0 Å². The molecule has 0 radical (unpaired) electrons. The predicted octanol–water partition coefficient (Wildman–Crippen LogP) is 4.38. The summed E-state index contributed by atoms with van der Waals surface area (Å²) in [4.78, 5) is 15.6. The maximum absolute atomic E-state index is 4.93. The molecule has 1 N–H and O–H groups in total. The van der Waals surface area contributed by atoms with E-state index < -0.39 is 0 Å². The molecule has 0 spiro atoms. The van der Waals surface area contributed by atoms with Crippen LogP contribution in [0.1, 0.15) is 12.8 Å². The van der Waals surface area contributed by atoms with Gasteiger partial charge in [0.2, 0.25) is 0 Å². The molecule has 4 heteroatoms. The van der Waals surface area contributed by atoms with Crippen molar-refractivity contribution in [3.05, 3.63) is 54.6 Å². The van der Waals surface area contributed by atoms with E-state index in [9.17, 15) is 0 Å². The molecule has 0 amide bonds. The van der Waals surface area contributed by atoms with E-state index >= 15 is 0 Å². The van der Waals surface area contributed by atoms with Crippen molar-refractivity contribution in [1.29, 1.82) is 0 Å². The average molecular weight is 314 g/mol. The lowest BCUT2D eigenvalue weighted by Gasteiger charge is -2.19. The van der Waals surface area contributed by atoms with Crippen molar-refractivity contribution >= 4 is 27.6 Å². The Kier molecular flexibility index (Phi) is 3.01. The van der Waals surface area contributed by atoms with Gasteiger partial charge in [-0.15, -0.1) is 0 Å². The molecule has 0 bridgehead atoms. The number of nitrogens with one attached hydrogen (secondary N) is 1. The quantitative estimate of drug-likeness (QED) is 0.597. The van der Waals surface area contributed by atoms with Crippen LogP contribution in [0.2, 0.25) is 0 Å². The van der Waals surface area contributed by atoms with Crippen LogP contribution in [0.25, 0.3) is 33.3 Å². The summed E-state index contributed by atoms with van der Waals surface area (Å²) in [6.07, 6.45) is 2.47. The fourth-order valence-corrected chi connectivity index (χ4v) is 3.54. The van der Waals surface area contributed by atoms with Gasteiger partial charge in [0, 0.05) is 29.4 Å². The molecule has 1 aliphatic rings. The second-order valence-electron chi connectivity index (χ2n) is 6.35. The Balaban J connectivity index is 1.73. The van der Waals surface area contributed by atoms with Crippen molar-refractivity contribution in [1.82, 2.24) is 15.0 Å². The van der Waals surface area contributed by atoms with Gasteiger partial charge in [0.15, 0.2) is 5.82 Å². The zero-order valence-electron chi connectivity index (χ0n) is 13.4. The van der Waals surface area contributed by atoms with Gasteiger partial charge in [0.1, 0.15) is 5.82 Å². The van der Waals surface area contributed by atoms with E-state index in [4.69, 9.17) is 9.97 Å². The van der Waals surface area contributed by atoms with Crippen LogP contribution in [0.4, 0.5) is 5.82 Å². The number of para-hydroxylation sites is 2. The van der Waals surface area contributed by atoms with E-state index in [2.05, 4.69) is 52.3 Å². The van der Waals surface area contributed by atoms with Crippen molar-refractivity contribution < 1.29 is 0 Å². The van der Waals surface area contributed by atoms with Crippen LogP contribution in [0, 0.1) is 0 Å². The summed E-state index contributed by atoms with van der Waals surface area (Å²) in [5.41, 5.74) is 3.09. The Bertz CT molecular complexity index is 995. The van der Waals surface area contributed by atoms with Gasteiger partial charge < -0.3 is 9.88 Å². The molecule has 1 saturated heterocycles. The van der Waals surface area contributed by atoms with Gasteiger partial charge in [-0.3, -0.25) is 0 Å². The zero-order chi connectivity index (χ0) is 15.9. The van der Waals surface area contributed by atoms with E-state index in [0.717, 1.165) is 46.8 Å². The highest BCUT2D eigenvalue weighted by Crippen LogP contribution is 2.30. The third-order valence-corrected chi connectivity index (χ3v) is 4.76. The number of aromatic amines is 1. The topological polar surface area (TPSA) is 44.8 Å². The number of rotatable bonds is 2. The van der Waals surface area contributed by atoms with Crippen LogP contribution in [-0.2, 0) is 0 Å². The van der Waals surface area contributed by atoms with Crippen LogP contribution in [-0.4, -0.2) is 28.0 Å². The molecule has 5 rings (SSSR count). The van der Waals surface area contributed by atoms with Crippen LogP contribution >= 0.6 is 0 Å². The molecule has 0 aliphatic carbocycles. The fourth-order valence-electron chi connectivity index (χ4n) is 3.54. The second kappa shape index (κ2) is 5.34. The lowest BCUT2D eigenvalue weighted by atomic mass is 10.2. The lowest BCUT2D eigenvalue weighted by molar-refractivity contribution is 0.940. The third-order valence-electron chi connectivity index (χ3n) is 4.76. The number of fused-ring (bicyclic) bond motifs is 2. The van der Waals surface area contributed by atoms with E-state index in [1.54, 1.807) is 0 Å². The molecule has 2 aromatic carbocycles. The summed E-state index contributed by atoms with van der Waals surface area (Å²) >= 11 is 0. The largest absolute Gasteiger partial charge is 0.356 e. The number of hydrogen-bond donors (Lipinski definition) is 1. The van der Waals surface area contributed by atoms with E-state index in [1.165, 1.54) is 18.2 Å². The minimum absolute atomic E-state index is 0.770. The van der Waals surface area contributed by atoms with Crippen molar-refractivity contribution in [3.8, 4) is 11.5 Å². The van der Waals surface area contributed by atoms with Crippen molar-refractivity contribution in [2.45, 2.75) is 12.8 Å². The molecule has 0 unspecified atom stereocenters. The summed E-state index contributed by atoms with van der Waals surface area (Å²) in [6, 6.07) is 18.7. The first-order chi connectivity index (χ1) is 11.9. The molecule has 24 heavy (non-hydrogen) atoms. The maximum Gasteiger partial charge on any atom is 0.178 e. The van der Waals surface area contributed by atoms with Gasteiger partial charge in [-0.1, -0.05) is 30.3 Å². The Morgan fingerprint density at radius 2 is 1.67 bits per heavy atom. The molecule has 3 heterocycles. The smallest absolute Gasteiger partial charge is 0.178 e. The predicted molar refractivity (Wildman–Crippen MR) is 98.3 cm³/mol. The number of aromatic nitrogens is 3. The minimum Gasteiger partial charge on any atom is -0.356 e. The minimum atomic E-state index is 0.770. The highest BCUT2D eigenvalue weighted by atomic mass is 15.2. The monoisotopic (exact) mass is 314 g/mol. The van der Waals surface area contributed by atoms with E-state index in [0.29, 0.717) is 0 Å². The van der Waals surface area contributed by atoms with Gasteiger partial charge in [0.05, 0.1) is 11.2 Å². The summed E-state index contributed by atoms with van der Waals surface area (Å²) in [5, 5.41) is 2.33. The average Bonchev–Trinajstić information content (AvgIpc) is 3.30. The molecule has 1 aliphatic heterocycles. The summed E-state index contributed by atoms with van der Waals surface area (Å²) < 4.78 is 0. The van der Waals surface area contributed by atoms with Gasteiger partial charge in [-0.25, -0.2) is 9.97 Å². The van der Waals surface area contributed by atoms with Crippen LogP contribution in [0.3, 0.4) is 0 Å². The van der Waals surface area contributed by atoms with Crippen molar-refractivity contribution in [2.24, 2.45) is 0 Å². The van der Waals surface area contributed by atoms with Crippen LogP contribution < -0.4 is 4.90 Å². The molecule has 2 aromatic heterocycles. The first-order valence-electron chi connectivity index (χ1n) is 8.48. The molecule has 118 valence electrons. The SMILES string of the molecule is c1ccc2[nH]c(-c3nc(N4CCCC4)c4ccccc4n3)cc2c1. The second-order valence-corrected chi connectivity index (χ2v) is 6.35. The van der Waals surface area contributed by atoms with Gasteiger partial charge >= 0.3 is 0 Å². The molecule has 1 fully saturated rings. The Labute approximate surface area is 140 Å². The van der Waals surface area contributed by atoms with Crippen LogP contribution in [0.5, 0.6) is 0 Å². The highest BCUT2D eigenvalue weighted by molar-refractivity contribution is 5.92. The number of benzene rings is 2. The standard InChI is InChI=1S/C20H18N4/c1-3-9-16-14(7-1)13-18(21-16)19-22-17-10-4-2-8-15(17)20(23-19)24-11-5-6-12-24/h1-4,7-10,13,21H,5-6,11-12H2. The summed E-state index contributed by atoms with van der Waals surface area (Å²) in [6.45, 7) is 2.15. The summed E-state index contributed by atoms with van der Waals surface area (Å²) in [7, 11) is 0. The number of nitrogens with zero attached hydrogens (tertiary/aromatic N) is 3. The lowest BCUT2D eigenvalue weighted by Crippen LogP contribution is -2.19. The summed E-state index contributed by atoms with van der Waals surface area (Å²) in [5.74, 6) is 1.83. The molecular formula is C20H18N4. The Hall–Kier alpha value is -2.88. The zero-order valence-corrected chi connectivity index (χ0v) is 13.4. The highest BCUT2D eigenvalue weighted by Gasteiger charge is 2.19. The molecule has 4 nitrogen and oxygen atoms in total. The first-order valence-corrected chi connectivity index (χ1v) is 8.48. The van der Waals surface area contributed by atoms with E-state index in [-0.39, 0.29) is 0 Å². The fraction of sp³-hybridized carbons (Fsp3) is 0.200. The number of H-pyrrole nitrogens is 1. The van der Waals surface area contributed by atoms with Gasteiger partial charge in [0.25, 0.3) is 0 Å². The Morgan fingerprint density at radius 3 is 2.54 bits per heavy atom. The number of hydrogen-bond acceptors (Lipinski definition) is 3. The molecule has 0 saturated carbocycles. The third kappa shape index (κ3) is 2.14.